The van der Waals surface area contributed by atoms with Gasteiger partial charge in [-0.2, -0.15) is 5.10 Å². The summed E-state index contributed by atoms with van der Waals surface area (Å²) in [5.74, 6) is -0.689. The average molecular weight is 249 g/mol. The van der Waals surface area contributed by atoms with Crippen LogP contribution in [0.5, 0.6) is 0 Å². The number of rotatable bonds is 4. The molecule has 0 spiro atoms. The van der Waals surface area contributed by atoms with Crippen LogP contribution in [0, 0.1) is 5.92 Å². The Morgan fingerprint density at radius 3 is 2.93 bits per heavy atom. The maximum atomic E-state index is 11.3. The summed E-state index contributed by atoms with van der Waals surface area (Å²) in [6, 6.07) is 1.81. The monoisotopic (exact) mass is 248 g/mol. The highest BCUT2D eigenvalue weighted by atomic mass is 35.5. The fraction of sp³-hybridized carbons (Fsp3) is 0.556. The summed E-state index contributed by atoms with van der Waals surface area (Å²) in [5, 5.41) is 3.98. The molecule has 15 heavy (non-hydrogen) atoms. The molecule has 0 amide bonds. The van der Waals surface area contributed by atoms with Crippen molar-refractivity contribution >= 4 is 29.2 Å². The van der Waals surface area contributed by atoms with Gasteiger partial charge in [-0.05, 0) is 12.5 Å². The Kier molecular flexibility index (Phi) is 2.89. The van der Waals surface area contributed by atoms with Gasteiger partial charge in [-0.3, -0.25) is 9.48 Å². The molecule has 6 heteroatoms. The van der Waals surface area contributed by atoms with Gasteiger partial charge < -0.3 is 4.74 Å². The van der Waals surface area contributed by atoms with Gasteiger partial charge in [0, 0.05) is 12.4 Å². The molecule has 0 aromatic carbocycles. The highest BCUT2D eigenvalue weighted by molar-refractivity contribution is 6.52. The third-order valence-corrected chi connectivity index (χ3v) is 3.07. The van der Waals surface area contributed by atoms with E-state index >= 15 is 0 Å². The lowest BCUT2D eigenvalue weighted by Crippen LogP contribution is -2.15. The maximum absolute atomic E-state index is 11.3. The molecular formula is C9H10Cl2N2O2. The van der Waals surface area contributed by atoms with Crippen LogP contribution in [0.15, 0.2) is 18.5 Å². The number of alkyl halides is 2. The van der Waals surface area contributed by atoms with Gasteiger partial charge in [0.25, 0.3) is 0 Å². The van der Waals surface area contributed by atoms with Crippen LogP contribution in [0.3, 0.4) is 0 Å². The van der Waals surface area contributed by atoms with E-state index in [1.54, 1.807) is 17.1 Å². The largest absolute Gasteiger partial charge is 0.463 e. The quantitative estimate of drug-likeness (QED) is 0.601. The van der Waals surface area contributed by atoms with Crippen LogP contribution in [0.4, 0.5) is 0 Å². The van der Waals surface area contributed by atoms with Crippen LogP contribution < -0.4 is 0 Å². The number of ether oxygens (including phenoxy) is 1. The minimum atomic E-state index is -0.900. The van der Waals surface area contributed by atoms with Gasteiger partial charge in [-0.1, -0.05) is 0 Å². The van der Waals surface area contributed by atoms with Crippen molar-refractivity contribution in [3.63, 3.8) is 0 Å². The van der Waals surface area contributed by atoms with Gasteiger partial charge in [-0.15, -0.1) is 23.2 Å². The number of carbonyl (C=O) groups is 1. The zero-order valence-electron chi connectivity index (χ0n) is 7.90. The van der Waals surface area contributed by atoms with Crippen LogP contribution in [0.1, 0.15) is 6.42 Å². The molecule has 0 unspecified atom stereocenters. The third kappa shape index (κ3) is 2.63. The van der Waals surface area contributed by atoms with E-state index in [-0.39, 0.29) is 11.9 Å². The molecule has 4 nitrogen and oxygen atoms in total. The molecule has 0 aliphatic heterocycles. The summed E-state index contributed by atoms with van der Waals surface area (Å²) in [6.07, 6.45) is 3.96. The van der Waals surface area contributed by atoms with E-state index in [1.807, 2.05) is 6.07 Å². The second-order valence-electron chi connectivity index (χ2n) is 3.45. The number of hydrogen-bond acceptors (Lipinski definition) is 3. The molecule has 2 rings (SSSR count). The highest BCUT2D eigenvalue weighted by Crippen LogP contribution is 2.53. The van der Waals surface area contributed by atoms with Crippen molar-refractivity contribution in [2.75, 3.05) is 6.61 Å². The predicted molar refractivity (Wildman–Crippen MR) is 55.7 cm³/mol. The van der Waals surface area contributed by atoms with Crippen LogP contribution in [0.2, 0.25) is 0 Å². The molecule has 1 aromatic heterocycles. The van der Waals surface area contributed by atoms with Crippen molar-refractivity contribution in [3.05, 3.63) is 18.5 Å². The van der Waals surface area contributed by atoms with Crippen molar-refractivity contribution in [3.8, 4) is 0 Å². The first-order valence-electron chi connectivity index (χ1n) is 4.61. The molecule has 1 heterocycles. The Morgan fingerprint density at radius 1 is 1.67 bits per heavy atom. The molecule has 1 aromatic rings. The van der Waals surface area contributed by atoms with E-state index < -0.39 is 4.33 Å². The number of aromatic nitrogens is 2. The summed E-state index contributed by atoms with van der Waals surface area (Å²) in [6.45, 7) is 0.837. The van der Waals surface area contributed by atoms with Gasteiger partial charge in [0.1, 0.15) is 10.9 Å². The Balaban J connectivity index is 1.69. The summed E-state index contributed by atoms with van der Waals surface area (Å²) in [7, 11) is 0. The molecule has 0 bridgehead atoms. The summed E-state index contributed by atoms with van der Waals surface area (Å²) < 4.78 is 5.80. The van der Waals surface area contributed by atoms with Crippen molar-refractivity contribution in [1.29, 1.82) is 0 Å². The molecular weight excluding hydrogens is 239 g/mol. The van der Waals surface area contributed by atoms with E-state index in [0.29, 0.717) is 19.6 Å². The first-order valence-corrected chi connectivity index (χ1v) is 5.37. The van der Waals surface area contributed by atoms with E-state index in [4.69, 9.17) is 27.9 Å². The van der Waals surface area contributed by atoms with Gasteiger partial charge in [0.15, 0.2) is 0 Å². The standard InChI is InChI=1S/C9H10Cl2N2O2/c10-9(11)6-7(9)8(14)15-5-4-13-3-1-2-12-13/h1-3,7H,4-6H2/t7-/m1/s1. The molecule has 0 radical (unpaired) electrons. The number of esters is 1. The van der Waals surface area contributed by atoms with Crippen LogP contribution in [0.25, 0.3) is 0 Å². The molecule has 1 fully saturated rings. The van der Waals surface area contributed by atoms with E-state index in [0.717, 1.165) is 0 Å². The first kappa shape index (κ1) is 10.8. The van der Waals surface area contributed by atoms with E-state index in [9.17, 15) is 4.79 Å². The fourth-order valence-corrected chi connectivity index (χ4v) is 1.73. The van der Waals surface area contributed by atoms with Gasteiger partial charge >= 0.3 is 5.97 Å². The van der Waals surface area contributed by atoms with Crippen LogP contribution >= 0.6 is 23.2 Å². The minimum absolute atomic E-state index is 0.293. The molecule has 0 N–H and O–H groups in total. The summed E-state index contributed by atoms with van der Waals surface area (Å²) in [5.41, 5.74) is 0. The molecule has 0 saturated heterocycles. The van der Waals surface area contributed by atoms with Gasteiger partial charge in [0.05, 0.1) is 12.5 Å². The predicted octanol–water partition coefficient (Wildman–Crippen LogP) is 1.62. The van der Waals surface area contributed by atoms with Crippen molar-refractivity contribution < 1.29 is 9.53 Å². The molecule has 82 valence electrons. The number of halogens is 2. The normalized spacial score (nSPS) is 22.4. The minimum Gasteiger partial charge on any atom is -0.463 e. The van der Waals surface area contributed by atoms with E-state index in [1.165, 1.54) is 0 Å². The van der Waals surface area contributed by atoms with Gasteiger partial charge in [-0.25, -0.2) is 0 Å². The average Bonchev–Trinajstić information content (AvgIpc) is 2.65. The maximum Gasteiger partial charge on any atom is 0.312 e. The Labute approximate surface area is 97.1 Å². The van der Waals surface area contributed by atoms with Crippen LogP contribution in [-0.4, -0.2) is 26.7 Å². The zero-order valence-corrected chi connectivity index (χ0v) is 9.41. The van der Waals surface area contributed by atoms with E-state index in [2.05, 4.69) is 5.10 Å². The summed E-state index contributed by atoms with van der Waals surface area (Å²) >= 11 is 11.5. The first-order chi connectivity index (χ1) is 7.09. The van der Waals surface area contributed by atoms with Crippen molar-refractivity contribution in [2.24, 2.45) is 5.92 Å². The SMILES string of the molecule is O=C(OCCn1cccn1)[C@H]1CC1(Cl)Cl. The molecule has 1 aliphatic rings. The summed E-state index contributed by atoms with van der Waals surface area (Å²) in [4.78, 5) is 11.3. The second-order valence-corrected chi connectivity index (χ2v) is 5.00. The molecule has 1 atom stereocenters. The molecule has 1 saturated carbocycles. The third-order valence-electron chi connectivity index (χ3n) is 2.23. The fourth-order valence-electron chi connectivity index (χ4n) is 1.24. The lowest BCUT2D eigenvalue weighted by atomic mass is 10.4. The van der Waals surface area contributed by atoms with Crippen molar-refractivity contribution in [1.82, 2.24) is 9.78 Å². The molecule has 1 aliphatic carbocycles. The topological polar surface area (TPSA) is 44.1 Å². The number of hydrogen-bond donors (Lipinski definition) is 0. The number of nitrogens with zero attached hydrogens (tertiary/aromatic N) is 2. The smallest absolute Gasteiger partial charge is 0.312 e. The van der Waals surface area contributed by atoms with Crippen LogP contribution in [-0.2, 0) is 16.1 Å². The van der Waals surface area contributed by atoms with Gasteiger partial charge in [0.2, 0.25) is 0 Å². The second kappa shape index (κ2) is 4.02. The lowest BCUT2D eigenvalue weighted by Gasteiger charge is -2.04. The lowest BCUT2D eigenvalue weighted by molar-refractivity contribution is -0.145. The Bertz CT molecular complexity index is 351. The Hall–Kier alpha value is -0.740. The number of carbonyl (C=O) groups excluding carboxylic acids is 1. The van der Waals surface area contributed by atoms with Crippen molar-refractivity contribution in [2.45, 2.75) is 17.3 Å². The Morgan fingerprint density at radius 2 is 2.40 bits per heavy atom. The zero-order chi connectivity index (χ0) is 10.9. The highest BCUT2D eigenvalue weighted by Gasteiger charge is 2.57.